The molecule has 13 aliphatic carbocycles. The van der Waals surface area contributed by atoms with Crippen molar-refractivity contribution in [3.8, 4) is 0 Å². The van der Waals surface area contributed by atoms with E-state index in [9.17, 15) is 0 Å². The topological polar surface area (TPSA) is 0 Å². The summed E-state index contributed by atoms with van der Waals surface area (Å²) in [5, 5.41) is 0. The van der Waals surface area contributed by atoms with Gasteiger partial charge in [0.25, 0.3) is 0 Å². The van der Waals surface area contributed by atoms with Crippen molar-refractivity contribution in [1.82, 2.24) is 0 Å². The first kappa shape index (κ1) is 29.6. The molecule has 48 heavy (non-hydrogen) atoms. The van der Waals surface area contributed by atoms with E-state index >= 15 is 0 Å². The molecule has 0 aliphatic heterocycles. The maximum Gasteiger partial charge on any atom is 0.0180 e. The molecule has 0 nitrogen and oxygen atoms in total. The Morgan fingerprint density at radius 1 is 0.188 bits per heavy atom. The van der Waals surface area contributed by atoms with Gasteiger partial charge in [-0.15, -0.1) is 0 Å². The maximum absolute atomic E-state index is 3.53. The van der Waals surface area contributed by atoms with Gasteiger partial charge in [0.05, 0.1) is 0 Å². The van der Waals surface area contributed by atoms with E-state index in [-0.39, 0.29) is 0 Å². The molecule has 13 rings (SSSR count). The summed E-state index contributed by atoms with van der Waals surface area (Å²) >= 11 is 0. The third kappa shape index (κ3) is 5.46. The molecule has 0 radical (unpaired) electrons. The molecule has 0 amide bonds. The van der Waals surface area contributed by atoms with E-state index in [2.05, 4.69) is 91.7 Å². The minimum Gasteiger partial charge on any atom is -0.0560 e. The molecule has 0 aromatic carbocycles. The van der Waals surface area contributed by atoms with E-state index in [0.29, 0.717) is 47.3 Å². The van der Waals surface area contributed by atoms with E-state index in [4.69, 9.17) is 0 Å². The molecule has 0 saturated heterocycles. The summed E-state index contributed by atoms with van der Waals surface area (Å²) in [6.45, 7) is 0. The number of hydrogen-bond donors (Lipinski definition) is 0. The molecule has 0 aromatic rings. The first-order valence-electron chi connectivity index (χ1n) is 18.8. The predicted molar refractivity (Wildman–Crippen MR) is 186 cm³/mol. The second-order valence-electron chi connectivity index (χ2n) is 15.5. The zero-order chi connectivity index (χ0) is 31.9. The molecule has 12 saturated carbocycles. The van der Waals surface area contributed by atoms with Crippen LogP contribution in [0, 0.1) is 47.3 Å². The van der Waals surface area contributed by atoms with Crippen LogP contribution in [-0.4, -0.2) is 0 Å². The summed E-state index contributed by atoms with van der Waals surface area (Å²) in [6.07, 6.45) is 19.5. The second-order valence-corrected chi connectivity index (χ2v) is 15.5. The van der Waals surface area contributed by atoms with E-state index < -0.39 is 0 Å². The lowest BCUT2D eigenvalue weighted by Gasteiger charge is -2.38. The standard InChI is InChI=1S/C48H40/c1-2-10-42-34-21-23-36(24-22-34)44(42)12-5-6-14-46-38-29-31-40(32-30-38)48(46)16-8-7-15-47-39-27-25-37(26-28-39)45(47)13-4-3-11-43-35-19-17-33(18-20-35)41(43)9-1/h33-40H,17-32H2. The Bertz CT molecular complexity index is 1730. The lowest BCUT2D eigenvalue weighted by Crippen LogP contribution is -2.26. The van der Waals surface area contributed by atoms with Crippen molar-refractivity contribution in [2.75, 3.05) is 0 Å². The Morgan fingerprint density at radius 2 is 0.292 bits per heavy atom. The van der Waals surface area contributed by atoms with Crippen LogP contribution in [0.1, 0.15) is 103 Å². The molecule has 0 N–H and O–H groups in total. The van der Waals surface area contributed by atoms with Crippen LogP contribution in [0.3, 0.4) is 0 Å². The van der Waals surface area contributed by atoms with Gasteiger partial charge in [-0.3, -0.25) is 0 Å². The molecule has 0 heterocycles. The molecule has 0 atom stereocenters. The zero-order valence-corrected chi connectivity index (χ0v) is 27.9. The van der Waals surface area contributed by atoms with Gasteiger partial charge >= 0.3 is 0 Å². The normalized spacial score (nSPS) is 34.7. The third-order valence-electron chi connectivity index (χ3n) is 13.2. The Kier molecular flexibility index (Phi) is 7.89. The quantitative estimate of drug-likeness (QED) is 0.238. The van der Waals surface area contributed by atoms with E-state index in [1.54, 1.807) is 0 Å². The van der Waals surface area contributed by atoms with Gasteiger partial charge in [0.15, 0.2) is 0 Å². The van der Waals surface area contributed by atoms with E-state index in [0.717, 1.165) is 0 Å². The van der Waals surface area contributed by atoms with Crippen LogP contribution in [0.15, 0.2) is 136 Å². The summed E-state index contributed by atoms with van der Waals surface area (Å²) in [5.74, 6) is 4.11. The molecular weight excluding hydrogens is 577 g/mol. The summed E-state index contributed by atoms with van der Waals surface area (Å²) in [4.78, 5) is 0. The molecule has 0 unspecified atom stereocenters. The highest BCUT2D eigenvalue weighted by atomic mass is 14.4. The van der Waals surface area contributed by atoms with Gasteiger partial charge in [-0.2, -0.15) is 0 Å². The van der Waals surface area contributed by atoms with Crippen molar-refractivity contribution in [2.24, 2.45) is 47.3 Å². The zero-order valence-electron chi connectivity index (χ0n) is 27.9. The number of fused-ring (bicyclic) bond motifs is 8. The molecule has 0 heteroatoms. The molecule has 12 fully saturated rings. The van der Waals surface area contributed by atoms with Crippen molar-refractivity contribution in [3.05, 3.63) is 136 Å². The fourth-order valence-corrected chi connectivity index (χ4v) is 10.6. The van der Waals surface area contributed by atoms with Gasteiger partial charge in [0.1, 0.15) is 0 Å². The first-order chi connectivity index (χ1) is 23.8. The van der Waals surface area contributed by atoms with Crippen molar-refractivity contribution < 1.29 is 0 Å². The molecular formula is C48H40. The molecule has 13 aliphatic rings. The van der Waals surface area contributed by atoms with Crippen LogP contribution in [0.25, 0.3) is 0 Å². The van der Waals surface area contributed by atoms with Gasteiger partial charge in [-0.25, -0.2) is 0 Å². The monoisotopic (exact) mass is 616 g/mol. The minimum absolute atomic E-state index is 0.514. The van der Waals surface area contributed by atoms with Crippen molar-refractivity contribution in [3.63, 3.8) is 0 Å². The summed E-state index contributed by atoms with van der Waals surface area (Å²) in [6, 6.07) is 0. The molecule has 0 spiro atoms. The van der Waals surface area contributed by atoms with Gasteiger partial charge < -0.3 is 0 Å². The Labute approximate surface area is 285 Å². The fourth-order valence-electron chi connectivity index (χ4n) is 10.6. The number of rotatable bonds is 0. The largest absolute Gasteiger partial charge is 0.0560 e. The third-order valence-corrected chi connectivity index (χ3v) is 13.2. The van der Waals surface area contributed by atoms with Gasteiger partial charge in [0, 0.05) is 44.6 Å². The lowest BCUT2D eigenvalue weighted by molar-refractivity contribution is 0.294. The summed E-state index contributed by atoms with van der Waals surface area (Å²) < 4.78 is 0. The van der Waals surface area contributed by atoms with Gasteiger partial charge in [0.2, 0.25) is 0 Å². The fraction of sp³-hybridized carbons (Fsp3) is 0.500. The molecule has 0 aromatic heterocycles. The Morgan fingerprint density at radius 3 is 0.396 bits per heavy atom. The second kappa shape index (κ2) is 12.8. The number of hydrogen-bond acceptors (Lipinski definition) is 0. The Balaban J connectivity index is 1.34. The van der Waals surface area contributed by atoms with Crippen molar-refractivity contribution >= 4 is 0 Å². The summed E-state index contributed by atoms with van der Waals surface area (Å²) in [5.41, 5.74) is 64.4. The highest BCUT2D eigenvalue weighted by Gasteiger charge is 2.38. The van der Waals surface area contributed by atoms with Crippen LogP contribution in [0.4, 0.5) is 0 Å². The Hall–Kier alpha value is -4.56. The van der Waals surface area contributed by atoms with Crippen LogP contribution < -0.4 is 0 Å². The van der Waals surface area contributed by atoms with Crippen LogP contribution in [0.5, 0.6) is 0 Å². The average Bonchev–Trinajstić information content (AvgIpc) is 3.15. The van der Waals surface area contributed by atoms with Crippen LogP contribution in [0.2, 0.25) is 0 Å². The molecule has 232 valence electrons. The van der Waals surface area contributed by atoms with Crippen LogP contribution in [-0.2, 0) is 0 Å². The minimum atomic E-state index is 0.514. The van der Waals surface area contributed by atoms with Crippen molar-refractivity contribution in [2.45, 2.75) is 103 Å². The highest BCUT2D eigenvalue weighted by molar-refractivity contribution is 5.42. The van der Waals surface area contributed by atoms with E-state index in [1.807, 2.05) is 0 Å². The first-order valence-corrected chi connectivity index (χ1v) is 18.8. The molecule has 8 bridgehead atoms. The SMILES string of the molecule is C1=C=C=C2C(=C=C=C=C=C3C(=C=C=C=C=C4C(=C=C=C=C=C5C(=C=1)C1CCC5CC1)C1CCC4CC1)C1CCC3CC1)C1CCC2CC1. The smallest absolute Gasteiger partial charge is 0.0180 e. The highest BCUT2D eigenvalue weighted by Crippen LogP contribution is 2.50. The van der Waals surface area contributed by atoms with Crippen LogP contribution >= 0.6 is 0 Å². The van der Waals surface area contributed by atoms with E-state index in [1.165, 1.54) is 147 Å². The van der Waals surface area contributed by atoms with Gasteiger partial charge in [-0.05, 0) is 196 Å². The number of allylic oxidation sites excluding steroid dienone is 8. The maximum atomic E-state index is 3.53. The summed E-state index contributed by atoms with van der Waals surface area (Å²) in [7, 11) is 0. The predicted octanol–water partition coefficient (Wildman–Crippen LogP) is 10.9. The van der Waals surface area contributed by atoms with Gasteiger partial charge in [-0.1, -0.05) is 45.8 Å². The average molecular weight is 617 g/mol. The van der Waals surface area contributed by atoms with Crippen molar-refractivity contribution in [1.29, 1.82) is 0 Å². The lowest BCUT2D eigenvalue weighted by atomic mass is 9.65.